The number of rotatable bonds is 6. The van der Waals surface area contributed by atoms with Gasteiger partial charge in [0.1, 0.15) is 0 Å². The van der Waals surface area contributed by atoms with E-state index in [4.69, 9.17) is 0 Å². The van der Waals surface area contributed by atoms with E-state index in [9.17, 15) is 9.59 Å². The van der Waals surface area contributed by atoms with E-state index in [1.54, 1.807) is 0 Å². The molecule has 3 rings (SSSR count). The number of hydrogen-bond donors (Lipinski definition) is 1. The molecule has 3 amide bonds. The molecule has 1 N–H and O–H groups in total. The van der Waals surface area contributed by atoms with Crippen LogP contribution in [0.1, 0.15) is 24.6 Å². The van der Waals surface area contributed by atoms with Crippen molar-refractivity contribution in [2.45, 2.75) is 18.9 Å². The number of aryl methyl sites for hydroxylation is 1. The predicted molar refractivity (Wildman–Crippen MR) is 93.9 cm³/mol. The number of hydrogen-bond acceptors (Lipinski definition) is 5. The van der Waals surface area contributed by atoms with E-state index in [-0.39, 0.29) is 18.5 Å². The molecule has 0 spiro atoms. The summed E-state index contributed by atoms with van der Waals surface area (Å²) in [6.45, 7) is 3.29. The highest BCUT2D eigenvalue weighted by Crippen LogP contribution is 2.35. The molecule has 0 aliphatic carbocycles. The number of aromatic nitrogens is 2. The number of amides is 3. The lowest BCUT2D eigenvalue weighted by Gasteiger charge is -2.41. The van der Waals surface area contributed by atoms with Gasteiger partial charge in [-0.2, -0.15) is 0 Å². The van der Waals surface area contributed by atoms with Gasteiger partial charge in [-0.3, -0.25) is 14.6 Å². The number of carbonyl (C=O) groups excluding carboxylic acids is 2. The molecule has 25 heavy (non-hydrogen) atoms. The molecule has 8 nitrogen and oxygen atoms in total. The number of urea groups is 1. The van der Waals surface area contributed by atoms with Crippen LogP contribution in [0.5, 0.6) is 0 Å². The van der Waals surface area contributed by atoms with Crippen molar-refractivity contribution in [2.75, 3.05) is 46.8 Å². The maximum atomic E-state index is 11.7. The van der Waals surface area contributed by atoms with Crippen molar-refractivity contribution in [3.63, 3.8) is 0 Å². The SMILES string of the molecule is CN(CCN1C(=O)CNC1=O)C[C@@H]1CCCN(C)[C@H]1c1cncn1C. The first kappa shape index (κ1) is 17.9. The van der Waals surface area contributed by atoms with Crippen molar-refractivity contribution in [3.8, 4) is 0 Å². The van der Waals surface area contributed by atoms with Gasteiger partial charge in [0, 0.05) is 32.9 Å². The maximum Gasteiger partial charge on any atom is 0.324 e. The summed E-state index contributed by atoms with van der Waals surface area (Å²) in [5.41, 5.74) is 1.25. The third-order valence-corrected chi connectivity index (χ3v) is 5.35. The fourth-order valence-corrected chi connectivity index (χ4v) is 4.01. The Bertz CT molecular complexity index is 614. The molecule has 0 radical (unpaired) electrons. The summed E-state index contributed by atoms with van der Waals surface area (Å²) in [4.78, 5) is 33.6. The first-order chi connectivity index (χ1) is 12.0. The van der Waals surface area contributed by atoms with Crippen molar-refractivity contribution in [1.29, 1.82) is 0 Å². The van der Waals surface area contributed by atoms with Crippen LogP contribution in [0.15, 0.2) is 12.5 Å². The number of imidazole rings is 1. The van der Waals surface area contributed by atoms with Crippen molar-refractivity contribution in [1.82, 2.24) is 29.6 Å². The van der Waals surface area contributed by atoms with Gasteiger partial charge < -0.3 is 14.8 Å². The van der Waals surface area contributed by atoms with E-state index in [1.165, 1.54) is 23.4 Å². The molecule has 2 aliphatic heterocycles. The number of likely N-dealkylation sites (N-methyl/N-ethyl adjacent to an activating group) is 1. The Labute approximate surface area is 148 Å². The van der Waals surface area contributed by atoms with Gasteiger partial charge in [0.15, 0.2) is 0 Å². The topological polar surface area (TPSA) is 73.7 Å². The minimum absolute atomic E-state index is 0.124. The second-order valence-electron chi connectivity index (χ2n) is 7.22. The van der Waals surface area contributed by atoms with E-state index in [0.717, 1.165) is 13.1 Å². The van der Waals surface area contributed by atoms with E-state index >= 15 is 0 Å². The van der Waals surface area contributed by atoms with E-state index < -0.39 is 0 Å². The fourth-order valence-electron chi connectivity index (χ4n) is 4.01. The highest BCUT2D eigenvalue weighted by atomic mass is 16.2. The number of piperidine rings is 1. The molecule has 2 aliphatic rings. The molecule has 0 bridgehead atoms. The molecule has 2 saturated heterocycles. The van der Waals surface area contributed by atoms with Crippen LogP contribution in [0, 0.1) is 5.92 Å². The molecule has 0 aromatic carbocycles. The fraction of sp³-hybridized carbons (Fsp3) is 0.706. The summed E-state index contributed by atoms with van der Waals surface area (Å²) in [7, 11) is 6.29. The zero-order valence-corrected chi connectivity index (χ0v) is 15.3. The number of imide groups is 1. The molecule has 138 valence electrons. The Morgan fingerprint density at radius 3 is 2.80 bits per heavy atom. The summed E-state index contributed by atoms with van der Waals surface area (Å²) in [5.74, 6) is 0.366. The summed E-state index contributed by atoms with van der Waals surface area (Å²) in [6.07, 6.45) is 6.19. The van der Waals surface area contributed by atoms with Gasteiger partial charge in [-0.05, 0) is 39.4 Å². The summed E-state index contributed by atoms with van der Waals surface area (Å²) < 4.78 is 2.10. The molecule has 8 heteroatoms. The smallest absolute Gasteiger partial charge is 0.324 e. The van der Waals surface area contributed by atoms with Gasteiger partial charge >= 0.3 is 6.03 Å². The van der Waals surface area contributed by atoms with Gasteiger partial charge in [0.25, 0.3) is 0 Å². The van der Waals surface area contributed by atoms with Gasteiger partial charge in [-0.25, -0.2) is 9.78 Å². The minimum Gasteiger partial charge on any atom is -0.336 e. The zero-order chi connectivity index (χ0) is 18.0. The lowest BCUT2D eigenvalue weighted by atomic mass is 9.87. The van der Waals surface area contributed by atoms with Crippen LogP contribution in [-0.2, 0) is 11.8 Å². The van der Waals surface area contributed by atoms with Crippen LogP contribution in [0.2, 0.25) is 0 Å². The molecule has 1 aromatic heterocycles. The van der Waals surface area contributed by atoms with E-state index in [0.29, 0.717) is 25.0 Å². The Morgan fingerprint density at radius 1 is 1.36 bits per heavy atom. The highest BCUT2D eigenvalue weighted by Gasteiger charge is 2.33. The first-order valence-corrected chi connectivity index (χ1v) is 8.90. The molecular weight excluding hydrogens is 320 g/mol. The van der Waals surface area contributed by atoms with Crippen LogP contribution in [0.3, 0.4) is 0 Å². The Balaban J connectivity index is 1.60. The maximum absolute atomic E-state index is 11.7. The highest BCUT2D eigenvalue weighted by molar-refractivity contribution is 6.01. The van der Waals surface area contributed by atoms with Gasteiger partial charge in [-0.1, -0.05) is 0 Å². The number of carbonyl (C=O) groups is 2. The molecule has 2 fully saturated rings. The lowest BCUT2D eigenvalue weighted by Crippen LogP contribution is -2.43. The van der Waals surface area contributed by atoms with Crippen molar-refractivity contribution in [3.05, 3.63) is 18.2 Å². The average molecular weight is 348 g/mol. The van der Waals surface area contributed by atoms with Crippen LogP contribution < -0.4 is 5.32 Å². The van der Waals surface area contributed by atoms with Crippen LogP contribution in [0.4, 0.5) is 4.79 Å². The third-order valence-electron chi connectivity index (χ3n) is 5.35. The number of nitrogens with zero attached hydrogens (tertiary/aromatic N) is 5. The normalized spacial score (nSPS) is 25.0. The second-order valence-corrected chi connectivity index (χ2v) is 7.22. The molecular formula is C17H28N6O2. The Kier molecular flexibility index (Phi) is 5.39. The Morgan fingerprint density at radius 2 is 2.16 bits per heavy atom. The number of likely N-dealkylation sites (tertiary alicyclic amines) is 1. The molecule has 0 saturated carbocycles. The van der Waals surface area contributed by atoms with Crippen molar-refractivity contribution >= 4 is 11.9 Å². The summed E-state index contributed by atoms with van der Waals surface area (Å²) in [6, 6.07) is 0.0731. The van der Waals surface area contributed by atoms with Crippen LogP contribution in [0.25, 0.3) is 0 Å². The standard InChI is InChI=1S/C17H28N6O2/c1-20(7-8-23-15(24)10-19-17(23)25)11-13-5-4-6-21(2)16(13)14-9-18-12-22(14)3/h9,12-13,16H,4-8,10-11H2,1-3H3,(H,19,25)/t13-,16+/m0/s1. The van der Waals surface area contributed by atoms with Gasteiger partial charge in [0.2, 0.25) is 5.91 Å². The van der Waals surface area contributed by atoms with Gasteiger partial charge in [0.05, 0.1) is 24.6 Å². The van der Waals surface area contributed by atoms with Gasteiger partial charge in [-0.15, -0.1) is 0 Å². The zero-order valence-electron chi connectivity index (χ0n) is 15.3. The Hall–Kier alpha value is -1.93. The lowest BCUT2D eigenvalue weighted by molar-refractivity contribution is -0.125. The molecule has 3 heterocycles. The van der Waals surface area contributed by atoms with E-state index in [2.05, 4.69) is 38.8 Å². The van der Waals surface area contributed by atoms with Crippen molar-refractivity contribution < 1.29 is 9.59 Å². The predicted octanol–water partition coefficient (Wildman–Crippen LogP) is 0.287. The third kappa shape index (κ3) is 3.85. The molecule has 1 aromatic rings. The molecule has 0 unspecified atom stereocenters. The average Bonchev–Trinajstić information content (AvgIpc) is 3.12. The largest absolute Gasteiger partial charge is 0.336 e. The monoisotopic (exact) mass is 348 g/mol. The summed E-state index contributed by atoms with van der Waals surface area (Å²) >= 11 is 0. The minimum atomic E-state index is -0.274. The van der Waals surface area contributed by atoms with Crippen LogP contribution in [-0.4, -0.2) is 83.0 Å². The second kappa shape index (κ2) is 7.53. The molecule has 2 atom stereocenters. The quantitative estimate of drug-likeness (QED) is 0.748. The number of nitrogens with one attached hydrogen (secondary N) is 1. The van der Waals surface area contributed by atoms with E-state index in [1.807, 2.05) is 19.6 Å². The first-order valence-electron chi connectivity index (χ1n) is 8.90. The van der Waals surface area contributed by atoms with Crippen LogP contribution >= 0.6 is 0 Å². The van der Waals surface area contributed by atoms with Crippen molar-refractivity contribution in [2.24, 2.45) is 13.0 Å². The summed E-state index contributed by atoms with van der Waals surface area (Å²) in [5, 5.41) is 2.56.